The fourth-order valence-electron chi connectivity index (χ4n) is 2.15. The minimum Gasteiger partial charge on any atom is -0.542 e. The lowest BCUT2D eigenvalue weighted by atomic mass is 9.83. The van der Waals surface area contributed by atoms with Crippen LogP contribution in [0, 0.1) is 13.8 Å². The summed E-state index contributed by atoms with van der Waals surface area (Å²) in [7, 11) is -0.730. The van der Waals surface area contributed by atoms with Crippen molar-refractivity contribution in [3.05, 3.63) is 27.2 Å². The first-order valence-electron chi connectivity index (χ1n) is 5.92. The van der Waals surface area contributed by atoms with Crippen molar-refractivity contribution in [3.63, 3.8) is 0 Å². The number of hydrogen-bond acceptors (Lipinski definition) is 1. The highest BCUT2D eigenvalue weighted by atomic mass is 79.9. The Hall–Kier alpha value is -0.283. The summed E-state index contributed by atoms with van der Waals surface area (Å²) in [4.78, 5) is 0. The average Bonchev–Trinajstić information content (AvgIpc) is 2.10. The molecule has 0 atom stereocenters. The third kappa shape index (κ3) is 3.35. The van der Waals surface area contributed by atoms with Crippen LogP contribution in [0.5, 0.6) is 5.75 Å². The van der Waals surface area contributed by atoms with Crippen LogP contribution in [0.3, 0.4) is 0 Å². The second-order valence-corrected chi connectivity index (χ2v) is 8.58. The summed E-state index contributed by atoms with van der Waals surface area (Å²) in [5.74, 6) is 1.06. The largest absolute Gasteiger partial charge is 0.542 e. The van der Waals surface area contributed by atoms with Gasteiger partial charge in [0.05, 0.1) is 0 Å². The van der Waals surface area contributed by atoms with E-state index >= 15 is 0 Å². The van der Waals surface area contributed by atoms with Crippen LogP contribution < -0.4 is 4.43 Å². The van der Waals surface area contributed by atoms with Crippen LogP contribution in [0.25, 0.3) is 0 Å². The van der Waals surface area contributed by atoms with E-state index in [1.54, 1.807) is 0 Å². The van der Waals surface area contributed by atoms with Crippen molar-refractivity contribution >= 4 is 25.0 Å². The molecule has 0 fully saturated rings. The van der Waals surface area contributed by atoms with Crippen molar-refractivity contribution in [2.45, 2.75) is 53.1 Å². The molecule has 0 N–H and O–H groups in total. The first-order valence-corrected chi connectivity index (χ1v) is 9.13. The van der Waals surface area contributed by atoms with Gasteiger partial charge in [-0.2, -0.15) is 0 Å². The van der Waals surface area contributed by atoms with Crippen molar-refractivity contribution in [2.24, 2.45) is 0 Å². The van der Waals surface area contributed by atoms with Crippen LogP contribution in [-0.2, 0) is 5.41 Å². The second kappa shape index (κ2) is 5.15. The SMILES string of the molecule is Cc1cc(O[Si](C)C)c(C(C)(C)C)c(C)c1Br. The predicted molar refractivity (Wildman–Crippen MR) is 80.4 cm³/mol. The van der Waals surface area contributed by atoms with Gasteiger partial charge in [-0.15, -0.1) is 0 Å². The summed E-state index contributed by atoms with van der Waals surface area (Å²) in [6, 6.07) is 2.16. The molecule has 17 heavy (non-hydrogen) atoms. The molecule has 0 saturated carbocycles. The molecule has 0 unspecified atom stereocenters. The van der Waals surface area contributed by atoms with Gasteiger partial charge in [-0.3, -0.25) is 0 Å². The smallest absolute Gasteiger partial charge is 0.274 e. The third-order valence-electron chi connectivity index (χ3n) is 2.71. The molecule has 0 heterocycles. The molecule has 0 aromatic heterocycles. The van der Waals surface area contributed by atoms with Crippen molar-refractivity contribution in [3.8, 4) is 5.75 Å². The number of rotatable bonds is 2. The summed E-state index contributed by atoms with van der Waals surface area (Å²) in [6.07, 6.45) is 0. The number of benzene rings is 1. The van der Waals surface area contributed by atoms with Crippen LogP contribution in [0.1, 0.15) is 37.5 Å². The molecule has 95 valence electrons. The lowest BCUT2D eigenvalue weighted by Gasteiger charge is -2.27. The highest BCUT2D eigenvalue weighted by molar-refractivity contribution is 9.10. The summed E-state index contributed by atoms with van der Waals surface area (Å²) in [5, 5.41) is 0. The Balaban J connectivity index is 3.47. The summed E-state index contributed by atoms with van der Waals surface area (Å²) in [5.41, 5.74) is 3.97. The van der Waals surface area contributed by atoms with E-state index in [1.165, 1.54) is 21.2 Å². The Bertz CT molecular complexity index is 419. The van der Waals surface area contributed by atoms with Crippen LogP contribution in [0.4, 0.5) is 0 Å². The van der Waals surface area contributed by atoms with Gasteiger partial charge in [0.2, 0.25) is 0 Å². The molecule has 0 aliphatic heterocycles. The van der Waals surface area contributed by atoms with Crippen molar-refractivity contribution < 1.29 is 4.43 Å². The van der Waals surface area contributed by atoms with Crippen LogP contribution in [-0.4, -0.2) is 9.04 Å². The minimum atomic E-state index is -0.730. The molecule has 0 amide bonds. The Morgan fingerprint density at radius 1 is 1.18 bits per heavy atom. The Morgan fingerprint density at radius 2 is 1.71 bits per heavy atom. The van der Waals surface area contributed by atoms with E-state index in [4.69, 9.17) is 4.43 Å². The van der Waals surface area contributed by atoms with Gasteiger partial charge < -0.3 is 4.43 Å². The Labute approximate surface area is 115 Å². The van der Waals surface area contributed by atoms with Crippen LogP contribution >= 0.6 is 15.9 Å². The van der Waals surface area contributed by atoms with Gasteiger partial charge in [0.15, 0.2) is 0 Å². The maximum Gasteiger partial charge on any atom is 0.274 e. The monoisotopic (exact) mass is 313 g/mol. The fraction of sp³-hybridized carbons (Fsp3) is 0.571. The van der Waals surface area contributed by atoms with E-state index in [-0.39, 0.29) is 5.41 Å². The van der Waals surface area contributed by atoms with Crippen LogP contribution in [0.2, 0.25) is 13.1 Å². The molecule has 1 aromatic rings. The van der Waals surface area contributed by atoms with E-state index in [2.05, 4.69) is 69.7 Å². The van der Waals surface area contributed by atoms with Gasteiger partial charge in [0.1, 0.15) is 5.75 Å². The van der Waals surface area contributed by atoms with Gasteiger partial charge in [0, 0.05) is 10.0 Å². The van der Waals surface area contributed by atoms with Gasteiger partial charge in [-0.1, -0.05) is 36.7 Å². The van der Waals surface area contributed by atoms with Gasteiger partial charge >= 0.3 is 0 Å². The quantitative estimate of drug-likeness (QED) is 0.699. The fourth-order valence-corrected chi connectivity index (χ4v) is 3.07. The first kappa shape index (κ1) is 14.8. The van der Waals surface area contributed by atoms with Crippen molar-refractivity contribution in [1.82, 2.24) is 0 Å². The molecule has 0 saturated heterocycles. The Kier molecular flexibility index (Phi) is 4.47. The number of aryl methyl sites for hydroxylation is 1. The molecule has 0 spiro atoms. The third-order valence-corrected chi connectivity index (χ3v) is 4.56. The molecule has 0 aliphatic rings. The van der Waals surface area contributed by atoms with Crippen molar-refractivity contribution in [2.75, 3.05) is 0 Å². The maximum absolute atomic E-state index is 6.07. The normalized spacial score (nSPS) is 12.1. The molecular formula is C14H22BrOSi. The first-order chi connectivity index (χ1) is 7.64. The predicted octanol–water partition coefficient (Wildman–Crippen LogP) is 4.99. The summed E-state index contributed by atoms with van der Waals surface area (Å²) in [6.45, 7) is 15.3. The molecule has 0 bridgehead atoms. The maximum atomic E-state index is 6.07. The van der Waals surface area contributed by atoms with E-state index in [0.29, 0.717) is 0 Å². The van der Waals surface area contributed by atoms with Gasteiger partial charge in [-0.25, -0.2) is 0 Å². The molecule has 1 radical (unpaired) electrons. The van der Waals surface area contributed by atoms with Gasteiger partial charge in [-0.05, 0) is 49.5 Å². The van der Waals surface area contributed by atoms with Crippen LogP contribution in [0.15, 0.2) is 10.5 Å². The zero-order chi connectivity index (χ0) is 13.4. The lowest BCUT2D eigenvalue weighted by molar-refractivity contribution is 0.516. The molecule has 1 nitrogen and oxygen atoms in total. The minimum absolute atomic E-state index is 0.104. The number of halogens is 1. The van der Waals surface area contributed by atoms with E-state index in [1.807, 2.05) is 0 Å². The van der Waals surface area contributed by atoms with E-state index < -0.39 is 9.04 Å². The van der Waals surface area contributed by atoms with E-state index in [9.17, 15) is 0 Å². The molecule has 1 aromatic carbocycles. The molecule has 0 aliphatic carbocycles. The molecule has 3 heteroatoms. The summed E-state index contributed by atoms with van der Waals surface area (Å²) >= 11 is 3.68. The summed E-state index contributed by atoms with van der Waals surface area (Å²) < 4.78 is 7.27. The highest BCUT2D eigenvalue weighted by Crippen LogP contribution is 2.39. The van der Waals surface area contributed by atoms with Gasteiger partial charge in [0.25, 0.3) is 9.04 Å². The second-order valence-electron chi connectivity index (χ2n) is 5.77. The average molecular weight is 314 g/mol. The zero-order valence-electron chi connectivity index (χ0n) is 11.9. The standard InChI is InChI=1S/C14H22BrOSi/c1-9-8-11(16-17(6)7)12(14(3,4)5)10(2)13(9)15/h8H,1-7H3. The van der Waals surface area contributed by atoms with Crippen molar-refractivity contribution in [1.29, 1.82) is 0 Å². The number of hydrogen-bond donors (Lipinski definition) is 0. The topological polar surface area (TPSA) is 9.23 Å². The zero-order valence-corrected chi connectivity index (χ0v) is 14.4. The van der Waals surface area contributed by atoms with E-state index in [0.717, 1.165) is 5.75 Å². The Morgan fingerprint density at radius 3 is 2.12 bits per heavy atom. The molecule has 1 rings (SSSR count). The highest BCUT2D eigenvalue weighted by Gasteiger charge is 2.24. The lowest BCUT2D eigenvalue weighted by Crippen LogP contribution is -2.20. The molecular weight excluding hydrogens is 292 g/mol.